The molecule has 1 saturated carbocycles. The van der Waals surface area contributed by atoms with E-state index < -0.39 is 5.97 Å². The smallest absolute Gasteiger partial charge is 0.337 e. The van der Waals surface area contributed by atoms with Crippen molar-refractivity contribution >= 4 is 29.3 Å². The summed E-state index contributed by atoms with van der Waals surface area (Å²) in [5.41, 5.74) is 8.53. The Kier molecular flexibility index (Phi) is 6.72. The van der Waals surface area contributed by atoms with Gasteiger partial charge in [-0.2, -0.15) is 0 Å². The Labute approximate surface area is 194 Å². The van der Waals surface area contributed by atoms with E-state index in [2.05, 4.69) is 6.07 Å². The largest absolute Gasteiger partial charge is 0.465 e. The predicted octanol–water partition coefficient (Wildman–Crippen LogP) is 4.60. The van der Waals surface area contributed by atoms with E-state index in [1.54, 1.807) is 23.1 Å². The number of benzene rings is 2. The van der Waals surface area contributed by atoms with Crippen LogP contribution in [0.4, 0.5) is 10.5 Å². The number of anilines is 1. The van der Waals surface area contributed by atoms with Gasteiger partial charge in [-0.3, -0.25) is 4.90 Å². The zero-order valence-electron chi connectivity index (χ0n) is 18.4. The second-order valence-electron chi connectivity index (χ2n) is 8.75. The Morgan fingerprint density at radius 2 is 1.91 bits per heavy atom. The predicted molar refractivity (Wildman–Crippen MR) is 126 cm³/mol. The minimum Gasteiger partial charge on any atom is -0.465 e. The van der Waals surface area contributed by atoms with Crippen molar-refractivity contribution < 1.29 is 14.3 Å². The summed E-state index contributed by atoms with van der Waals surface area (Å²) in [5.74, 6) is -0.403. The average Bonchev–Trinajstić information content (AvgIpc) is 2.84. The van der Waals surface area contributed by atoms with Crippen LogP contribution in [0.5, 0.6) is 0 Å². The van der Waals surface area contributed by atoms with E-state index in [0.717, 1.165) is 49.4 Å². The summed E-state index contributed by atoms with van der Waals surface area (Å²) in [6.45, 7) is 1.96. The van der Waals surface area contributed by atoms with Crippen molar-refractivity contribution in [3.8, 4) is 0 Å². The molecule has 0 atom stereocenters. The molecule has 1 aliphatic heterocycles. The lowest BCUT2D eigenvalue weighted by Crippen LogP contribution is -2.55. The highest BCUT2D eigenvalue weighted by Gasteiger charge is 2.40. The van der Waals surface area contributed by atoms with Crippen LogP contribution >= 0.6 is 11.6 Å². The number of carbonyl (C=O) groups excluding carboxylic acids is 2. The highest BCUT2D eigenvalue weighted by molar-refractivity contribution is 6.30. The summed E-state index contributed by atoms with van der Waals surface area (Å²) in [6, 6.07) is 15.3. The maximum absolute atomic E-state index is 13.4. The van der Waals surface area contributed by atoms with Gasteiger partial charge in [-0.1, -0.05) is 29.8 Å². The van der Waals surface area contributed by atoms with Crippen molar-refractivity contribution in [3.63, 3.8) is 0 Å². The molecule has 2 fully saturated rings. The molecule has 0 radical (unpaired) electrons. The van der Waals surface area contributed by atoms with Gasteiger partial charge in [0.2, 0.25) is 0 Å². The summed E-state index contributed by atoms with van der Waals surface area (Å²) >= 11 is 6.24. The first-order valence-corrected chi connectivity index (χ1v) is 11.6. The molecule has 0 spiro atoms. The van der Waals surface area contributed by atoms with E-state index in [1.807, 2.05) is 29.2 Å². The SMILES string of the molecule is COC(=O)c1cccc(N2CCCN([C@H]3CC[C@](CN)(c4cccc(Cl)c4)CC3)C2=O)c1. The number of nitrogens with zero attached hydrogens (tertiary/aromatic N) is 2. The van der Waals surface area contributed by atoms with Gasteiger partial charge in [0.1, 0.15) is 0 Å². The van der Waals surface area contributed by atoms with Crippen molar-refractivity contribution in [3.05, 3.63) is 64.7 Å². The fraction of sp³-hybridized carbons (Fsp3) is 0.440. The number of hydrogen-bond acceptors (Lipinski definition) is 4. The van der Waals surface area contributed by atoms with Gasteiger partial charge in [-0.15, -0.1) is 0 Å². The van der Waals surface area contributed by atoms with Gasteiger partial charge in [0.15, 0.2) is 0 Å². The van der Waals surface area contributed by atoms with E-state index in [0.29, 0.717) is 18.7 Å². The van der Waals surface area contributed by atoms with Crippen LogP contribution in [-0.2, 0) is 10.2 Å². The summed E-state index contributed by atoms with van der Waals surface area (Å²) in [6.07, 6.45) is 4.56. The van der Waals surface area contributed by atoms with Gasteiger partial charge >= 0.3 is 12.0 Å². The lowest BCUT2D eigenvalue weighted by molar-refractivity contribution is 0.0600. The van der Waals surface area contributed by atoms with Crippen LogP contribution in [-0.4, -0.2) is 49.7 Å². The molecular formula is C25H30ClN3O3. The van der Waals surface area contributed by atoms with Crippen LogP contribution in [0.15, 0.2) is 48.5 Å². The number of halogens is 1. The van der Waals surface area contributed by atoms with E-state index >= 15 is 0 Å². The Bertz CT molecular complexity index is 988. The fourth-order valence-electron chi connectivity index (χ4n) is 5.14. The number of nitrogens with two attached hydrogens (primary N) is 1. The van der Waals surface area contributed by atoms with Crippen molar-refractivity contribution in [2.24, 2.45) is 5.73 Å². The molecular weight excluding hydrogens is 426 g/mol. The third-order valence-electron chi connectivity index (χ3n) is 7.02. The topological polar surface area (TPSA) is 75.9 Å². The minimum absolute atomic E-state index is 0.00581. The Morgan fingerprint density at radius 3 is 2.59 bits per heavy atom. The zero-order valence-corrected chi connectivity index (χ0v) is 19.2. The van der Waals surface area contributed by atoms with E-state index in [1.165, 1.54) is 12.7 Å². The Hall–Kier alpha value is -2.57. The molecule has 1 heterocycles. The second kappa shape index (κ2) is 9.51. The first kappa shape index (κ1) is 22.6. The van der Waals surface area contributed by atoms with E-state index in [4.69, 9.17) is 22.1 Å². The van der Waals surface area contributed by atoms with Crippen molar-refractivity contribution in [1.82, 2.24) is 4.90 Å². The first-order chi connectivity index (χ1) is 15.5. The van der Waals surface area contributed by atoms with E-state index in [-0.39, 0.29) is 17.5 Å². The molecule has 6 nitrogen and oxygen atoms in total. The van der Waals surface area contributed by atoms with E-state index in [9.17, 15) is 9.59 Å². The van der Waals surface area contributed by atoms with Crippen LogP contribution in [0.2, 0.25) is 5.02 Å². The van der Waals surface area contributed by atoms with Gasteiger partial charge in [0.25, 0.3) is 0 Å². The summed E-state index contributed by atoms with van der Waals surface area (Å²) in [7, 11) is 1.36. The molecule has 0 bridgehead atoms. The normalized spacial score (nSPS) is 23.8. The summed E-state index contributed by atoms with van der Waals surface area (Å²) < 4.78 is 4.82. The highest BCUT2D eigenvalue weighted by Crippen LogP contribution is 2.41. The molecule has 2 N–H and O–H groups in total. The highest BCUT2D eigenvalue weighted by atomic mass is 35.5. The van der Waals surface area contributed by atoms with Crippen LogP contribution in [0.1, 0.15) is 48.0 Å². The molecule has 0 aromatic heterocycles. The van der Waals surface area contributed by atoms with Gasteiger partial charge in [-0.25, -0.2) is 9.59 Å². The monoisotopic (exact) mass is 455 g/mol. The van der Waals surface area contributed by atoms with Crippen LogP contribution in [0.3, 0.4) is 0 Å². The van der Waals surface area contributed by atoms with Crippen molar-refractivity contribution in [1.29, 1.82) is 0 Å². The van der Waals surface area contributed by atoms with Gasteiger partial charge in [0, 0.05) is 41.8 Å². The Balaban J connectivity index is 1.48. The quantitative estimate of drug-likeness (QED) is 0.668. The first-order valence-electron chi connectivity index (χ1n) is 11.2. The van der Waals surface area contributed by atoms with Crippen LogP contribution in [0, 0.1) is 0 Å². The van der Waals surface area contributed by atoms with Gasteiger partial charge < -0.3 is 15.4 Å². The number of methoxy groups -OCH3 is 1. The molecule has 0 unspecified atom stereocenters. The molecule has 4 rings (SSSR count). The van der Waals surface area contributed by atoms with Gasteiger partial charge in [0.05, 0.1) is 12.7 Å². The number of ether oxygens (including phenoxy) is 1. The zero-order chi connectivity index (χ0) is 22.7. The molecule has 1 saturated heterocycles. The maximum atomic E-state index is 13.4. The maximum Gasteiger partial charge on any atom is 0.337 e. The lowest BCUT2D eigenvalue weighted by Gasteiger charge is -2.46. The lowest BCUT2D eigenvalue weighted by atomic mass is 9.68. The van der Waals surface area contributed by atoms with Crippen molar-refractivity contribution in [2.75, 3.05) is 31.6 Å². The molecule has 2 aliphatic rings. The molecule has 2 aromatic rings. The van der Waals surface area contributed by atoms with Gasteiger partial charge in [-0.05, 0) is 68.0 Å². The third-order valence-corrected chi connectivity index (χ3v) is 7.25. The average molecular weight is 456 g/mol. The molecule has 2 amide bonds. The summed E-state index contributed by atoms with van der Waals surface area (Å²) in [5, 5.41) is 0.730. The number of esters is 1. The fourth-order valence-corrected chi connectivity index (χ4v) is 5.33. The summed E-state index contributed by atoms with van der Waals surface area (Å²) in [4.78, 5) is 29.1. The minimum atomic E-state index is -0.403. The van der Waals surface area contributed by atoms with Crippen LogP contribution in [0.25, 0.3) is 0 Å². The number of carbonyl (C=O) groups is 2. The molecule has 7 heteroatoms. The molecule has 1 aliphatic carbocycles. The molecule has 170 valence electrons. The third kappa shape index (κ3) is 4.34. The van der Waals surface area contributed by atoms with Crippen LogP contribution < -0.4 is 10.6 Å². The molecule has 32 heavy (non-hydrogen) atoms. The second-order valence-corrected chi connectivity index (χ2v) is 9.19. The number of amides is 2. The number of hydrogen-bond donors (Lipinski definition) is 1. The standard InChI is InChI=1S/C25H30ClN3O3/c1-32-23(30)18-5-2-8-22(15-18)29-14-4-13-28(24(29)31)21-9-11-25(17-27,12-10-21)19-6-3-7-20(26)16-19/h2-3,5-8,15-16,21H,4,9-14,17,27H2,1H3/t21-,25-. The number of rotatable bonds is 5. The number of urea groups is 1. The molecule has 2 aromatic carbocycles. The van der Waals surface area contributed by atoms with Crippen molar-refractivity contribution in [2.45, 2.75) is 43.6 Å². The Morgan fingerprint density at radius 1 is 1.16 bits per heavy atom.